The van der Waals surface area contributed by atoms with Gasteiger partial charge in [-0.3, -0.25) is 0 Å². The molecule has 0 radical (unpaired) electrons. The van der Waals surface area contributed by atoms with Crippen molar-refractivity contribution in [1.29, 1.82) is 0 Å². The molecule has 4 nitrogen and oxygen atoms in total. The van der Waals surface area contributed by atoms with E-state index in [0.717, 1.165) is 4.47 Å². The Hall–Kier alpha value is -1.66. The van der Waals surface area contributed by atoms with Crippen molar-refractivity contribution in [3.8, 4) is 0 Å². The molecule has 1 N–H and O–H groups in total. The lowest BCUT2D eigenvalue weighted by molar-refractivity contribution is 0.0696. The number of carboxylic acids is 1. The van der Waals surface area contributed by atoms with Gasteiger partial charge in [-0.1, -0.05) is 34.1 Å². The Morgan fingerprint density at radius 2 is 1.86 bits per heavy atom. The van der Waals surface area contributed by atoms with Crippen LogP contribution in [0.1, 0.15) is 21.5 Å². The third-order valence-corrected chi connectivity index (χ3v) is 5.41. The number of benzene rings is 2. The monoisotopic (exact) mass is 368 g/mol. The maximum absolute atomic E-state index is 12.5. The fraction of sp³-hybridized carbons (Fsp3) is 0.133. The van der Waals surface area contributed by atoms with Gasteiger partial charge in [0.15, 0.2) is 9.84 Å². The summed E-state index contributed by atoms with van der Waals surface area (Å²) in [4.78, 5) is 11.2. The van der Waals surface area contributed by atoms with Crippen molar-refractivity contribution in [2.24, 2.45) is 0 Å². The van der Waals surface area contributed by atoms with Crippen molar-refractivity contribution < 1.29 is 18.3 Å². The molecule has 0 amide bonds. The van der Waals surface area contributed by atoms with Gasteiger partial charge in [-0.15, -0.1) is 0 Å². The first-order valence-electron chi connectivity index (χ1n) is 6.11. The molecular weight excluding hydrogens is 356 g/mol. The Morgan fingerprint density at radius 1 is 1.19 bits per heavy atom. The highest BCUT2D eigenvalue weighted by Crippen LogP contribution is 2.24. The van der Waals surface area contributed by atoms with Crippen LogP contribution in [-0.4, -0.2) is 19.5 Å². The molecule has 0 atom stereocenters. The van der Waals surface area contributed by atoms with E-state index in [1.54, 1.807) is 18.2 Å². The van der Waals surface area contributed by atoms with Gasteiger partial charge >= 0.3 is 5.97 Å². The first kappa shape index (κ1) is 15.7. The summed E-state index contributed by atoms with van der Waals surface area (Å²) in [6, 6.07) is 11.3. The van der Waals surface area contributed by atoms with Gasteiger partial charge in [0.05, 0.1) is 16.2 Å². The van der Waals surface area contributed by atoms with E-state index in [2.05, 4.69) is 15.9 Å². The molecule has 0 aromatic heterocycles. The highest BCUT2D eigenvalue weighted by Gasteiger charge is 2.21. The molecule has 2 rings (SSSR count). The SMILES string of the molecule is Cc1c(C(=O)O)cccc1S(=O)(=O)Cc1cccc(Br)c1. The molecule has 0 saturated carbocycles. The smallest absolute Gasteiger partial charge is 0.335 e. The van der Waals surface area contributed by atoms with Crippen LogP contribution in [0, 0.1) is 6.92 Å². The van der Waals surface area contributed by atoms with Crippen molar-refractivity contribution in [3.05, 3.63) is 63.6 Å². The number of hydrogen-bond acceptors (Lipinski definition) is 3. The third-order valence-electron chi connectivity index (χ3n) is 3.10. The number of hydrogen-bond donors (Lipinski definition) is 1. The molecular formula is C15H13BrO4S. The summed E-state index contributed by atoms with van der Waals surface area (Å²) in [5.41, 5.74) is 0.912. The number of rotatable bonds is 4. The van der Waals surface area contributed by atoms with E-state index < -0.39 is 15.8 Å². The van der Waals surface area contributed by atoms with Crippen molar-refractivity contribution in [2.75, 3.05) is 0 Å². The Kier molecular flexibility index (Phi) is 4.49. The Balaban J connectivity index is 2.45. The Labute approximate surface area is 131 Å². The van der Waals surface area contributed by atoms with E-state index in [-0.39, 0.29) is 21.8 Å². The normalized spacial score (nSPS) is 11.3. The summed E-state index contributed by atoms with van der Waals surface area (Å²) in [6.45, 7) is 1.51. The summed E-state index contributed by atoms with van der Waals surface area (Å²) in [5, 5.41) is 9.08. The van der Waals surface area contributed by atoms with Crippen LogP contribution in [0.5, 0.6) is 0 Å². The third kappa shape index (κ3) is 3.51. The van der Waals surface area contributed by atoms with Crippen molar-refractivity contribution >= 4 is 31.7 Å². The number of carboxylic acid groups (broad SMARTS) is 1. The molecule has 21 heavy (non-hydrogen) atoms. The van der Waals surface area contributed by atoms with Gasteiger partial charge < -0.3 is 5.11 Å². The number of sulfone groups is 1. The van der Waals surface area contributed by atoms with Gasteiger partial charge in [-0.05, 0) is 42.3 Å². The lowest BCUT2D eigenvalue weighted by atomic mass is 10.1. The summed E-state index contributed by atoms with van der Waals surface area (Å²) in [7, 11) is -3.60. The van der Waals surface area contributed by atoms with Crippen LogP contribution in [0.3, 0.4) is 0 Å². The predicted octanol–water partition coefficient (Wildman–Crippen LogP) is 3.43. The second kappa shape index (κ2) is 5.99. The lowest BCUT2D eigenvalue weighted by Crippen LogP contribution is -2.10. The lowest BCUT2D eigenvalue weighted by Gasteiger charge is -2.10. The highest BCUT2D eigenvalue weighted by atomic mass is 79.9. The zero-order valence-electron chi connectivity index (χ0n) is 11.2. The fourth-order valence-electron chi connectivity index (χ4n) is 2.11. The van der Waals surface area contributed by atoms with E-state index in [1.807, 2.05) is 6.07 Å². The zero-order valence-corrected chi connectivity index (χ0v) is 13.6. The van der Waals surface area contributed by atoms with E-state index >= 15 is 0 Å². The molecule has 6 heteroatoms. The average molecular weight is 369 g/mol. The summed E-state index contributed by atoms with van der Waals surface area (Å²) in [5.74, 6) is -1.30. The zero-order chi connectivity index (χ0) is 15.6. The standard InChI is InChI=1S/C15H13BrO4S/c1-10-13(15(17)18)6-3-7-14(10)21(19,20)9-11-4-2-5-12(16)8-11/h2-8H,9H2,1H3,(H,17,18). The van der Waals surface area contributed by atoms with Crippen LogP contribution in [-0.2, 0) is 15.6 Å². The molecule has 0 fully saturated rings. The molecule has 0 heterocycles. The first-order valence-corrected chi connectivity index (χ1v) is 8.56. The largest absolute Gasteiger partial charge is 0.478 e. The molecule has 0 spiro atoms. The van der Waals surface area contributed by atoms with Crippen LogP contribution in [0.4, 0.5) is 0 Å². The van der Waals surface area contributed by atoms with Crippen LogP contribution in [0.15, 0.2) is 51.8 Å². The van der Waals surface area contributed by atoms with Crippen LogP contribution >= 0.6 is 15.9 Å². The summed E-state index contributed by atoms with van der Waals surface area (Å²) in [6.07, 6.45) is 0. The summed E-state index contributed by atoms with van der Waals surface area (Å²) < 4.78 is 25.8. The van der Waals surface area contributed by atoms with Crippen molar-refractivity contribution in [1.82, 2.24) is 0 Å². The molecule has 0 saturated heterocycles. The van der Waals surface area contributed by atoms with E-state index in [1.165, 1.54) is 25.1 Å². The molecule has 0 bridgehead atoms. The minimum absolute atomic E-state index is 0.00492. The van der Waals surface area contributed by atoms with Crippen LogP contribution < -0.4 is 0 Å². The fourth-order valence-corrected chi connectivity index (χ4v) is 4.19. The van der Waals surface area contributed by atoms with Gasteiger partial charge in [0.1, 0.15) is 0 Å². The maximum Gasteiger partial charge on any atom is 0.335 e. The first-order chi connectivity index (χ1) is 9.81. The molecule has 0 unspecified atom stereocenters. The molecule has 0 aliphatic rings. The molecule has 2 aromatic carbocycles. The second-order valence-corrected chi connectivity index (χ2v) is 7.50. The van der Waals surface area contributed by atoms with Gasteiger partial charge in [0.2, 0.25) is 0 Å². The number of aromatic carboxylic acids is 1. The predicted molar refractivity (Wildman–Crippen MR) is 83.2 cm³/mol. The van der Waals surface area contributed by atoms with E-state index in [0.29, 0.717) is 5.56 Å². The number of carbonyl (C=O) groups is 1. The molecule has 0 aliphatic heterocycles. The molecule has 0 aliphatic carbocycles. The topological polar surface area (TPSA) is 71.4 Å². The average Bonchev–Trinajstić information content (AvgIpc) is 2.37. The maximum atomic E-state index is 12.5. The highest BCUT2D eigenvalue weighted by molar-refractivity contribution is 9.10. The Morgan fingerprint density at radius 3 is 2.48 bits per heavy atom. The van der Waals surface area contributed by atoms with E-state index in [4.69, 9.17) is 5.11 Å². The van der Waals surface area contributed by atoms with Gasteiger partial charge in [-0.25, -0.2) is 13.2 Å². The van der Waals surface area contributed by atoms with Crippen molar-refractivity contribution in [2.45, 2.75) is 17.6 Å². The second-order valence-electron chi connectivity index (χ2n) is 4.62. The minimum atomic E-state index is -3.60. The molecule has 110 valence electrons. The quantitative estimate of drug-likeness (QED) is 0.896. The van der Waals surface area contributed by atoms with Gasteiger partial charge in [-0.2, -0.15) is 0 Å². The van der Waals surface area contributed by atoms with Crippen LogP contribution in [0.2, 0.25) is 0 Å². The Bertz CT molecular complexity index is 797. The van der Waals surface area contributed by atoms with E-state index in [9.17, 15) is 13.2 Å². The number of halogens is 1. The van der Waals surface area contributed by atoms with Gasteiger partial charge in [0, 0.05) is 4.47 Å². The van der Waals surface area contributed by atoms with Gasteiger partial charge in [0.25, 0.3) is 0 Å². The molecule has 2 aromatic rings. The van der Waals surface area contributed by atoms with Crippen LogP contribution in [0.25, 0.3) is 0 Å². The minimum Gasteiger partial charge on any atom is -0.478 e. The van der Waals surface area contributed by atoms with Crippen molar-refractivity contribution in [3.63, 3.8) is 0 Å². The summed E-state index contributed by atoms with van der Waals surface area (Å²) >= 11 is 3.30.